The van der Waals surface area contributed by atoms with Crippen molar-refractivity contribution in [3.63, 3.8) is 0 Å². The highest BCUT2D eigenvalue weighted by atomic mass is 16.2. The Kier molecular flexibility index (Phi) is 4.02. The smallest absolute Gasteiger partial charge is 0.255 e. The maximum absolute atomic E-state index is 12.8. The molecular weight excluding hydrogens is 344 g/mol. The minimum Gasteiger partial charge on any atom is -0.322 e. The van der Waals surface area contributed by atoms with Crippen molar-refractivity contribution in [3.8, 4) is 0 Å². The third-order valence-electron chi connectivity index (χ3n) is 6.62. The van der Waals surface area contributed by atoms with E-state index in [1.807, 2.05) is 12.1 Å². The van der Waals surface area contributed by atoms with E-state index in [4.69, 9.17) is 0 Å². The van der Waals surface area contributed by atoms with Gasteiger partial charge in [0.05, 0.1) is 0 Å². The maximum atomic E-state index is 12.8. The number of hydrogen-bond donors (Lipinski definition) is 3. The molecule has 27 heavy (non-hydrogen) atoms. The summed E-state index contributed by atoms with van der Waals surface area (Å²) >= 11 is 0. The molecule has 0 aromatic heterocycles. The second-order valence-corrected chi connectivity index (χ2v) is 8.20. The van der Waals surface area contributed by atoms with Crippen LogP contribution in [0, 0.1) is 11.8 Å². The number of piperidine rings is 1. The van der Waals surface area contributed by atoms with E-state index >= 15 is 0 Å². The van der Waals surface area contributed by atoms with Crippen LogP contribution in [0.15, 0.2) is 18.2 Å². The SMILES string of the molecule is O=C1CCC(N2Cc3ccc(CNC[C@@H]4[C@@H]5CN[C@H]4C5)cc3C2=O)C(=O)N1. The zero-order valence-electron chi connectivity index (χ0n) is 15.2. The summed E-state index contributed by atoms with van der Waals surface area (Å²) in [6.45, 7) is 3.34. The molecule has 1 aromatic carbocycles. The van der Waals surface area contributed by atoms with Gasteiger partial charge in [-0.15, -0.1) is 0 Å². The molecule has 6 rings (SSSR count). The van der Waals surface area contributed by atoms with Crippen LogP contribution in [-0.2, 0) is 22.7 Å². The minimum atomic E-state index is -0.550. The predicted octanol–water partition coefficient (Wildman–Crippen LogP) is 0.145. The Bertz CT molecular complexity index is 809. The van der Waals surface area contributed by atoms with Crippen molar-refractivity contribution >= 4 is 17.7 Å². The van der Waals surface area contributed by atoms with Crippen LogP contribution >= 0.6 is 0 Å². The first-order chi connectivity index (χ1) is 13.1. The van der Waals surface area contributed by atoms with E-state index in [-0.39, 0.29) is 24.1 Å². The summed E-state index contributed by atoms with van der Waals surface area (Å²) in [4.78, 5) is 37.9. The summed E-state index contributed by atoms with van der Waals surface area (Å²) < 4.78 is 0. The molecule has 142 valence electrons. The Labute approximate surface area is 157 Å². The molecule has 3 saturated heterocycles. The molecule has 0 spiro atoms. The Morgan fingerprint density at radius 2 is 2.11 bits per heavy atom. The van der Waals surface area contributed by atoms with Crippen molar-refractivity contribution in [3.05, 3.63) is 34.9 Å². The van der Waals surface area contributed by atoms with Crippen molar-refractivity contribution in [2.45, 2.75) is 44.4 Å². The van der Waals surface area contributed by atoms with Gasteiger partial charge >= 0.3 is 0 Å². The normalized spacial score (nSPS) is 31.7. The Morgan fingerprint density at radius 1 is 1.22 bits per heavy atom. The fraction of sp³-hybridized carbons (Fsp3) is 0.550. The lowest BCUT2D eigenvalue weighted by molar-refractivity contribution is -0.136. The third kappa shape index (κ3) is 2.85. The molecule has 2 bridgehead atoms. The standard InChI is InChI=1S/C20H24N4O3/c25-18-4-3-17(19(26)23-18)24-10-12-2-1-11(5-14(12)20(24)27)7-21-9-15-13-6-16(15)22-8-13/h1-2,5,13,15-17,21-22H,3-4,6-10H2,(H,23,25,26)/t13-,15+,16-,17?/m0/s1. The van der Waals surface area contributed by atoms with Gasteiger partial charge in [-0.3, -0.25) is 19.7 Å². The van der Waals surface area contributed by atoms with Crippen molar-refractivity contribution in [2.24, 2.45) is 11.8 Å². The lowest BCUT2D eigenvalue weighted by atomic mass is 9.74. The number of carbonyl (C=O) groups excluding carboxylic acids is 3. The van der Waals surface area contributed by atoms with E-state index in [0.717, 1.165) is 42.6 Å². The topological polar surface area (TPSA) is 90.5 Å². The molecule has 1 aliphatic carbocycles. The molecule has 3 N–H and O–H groups in total. The van der Waals surface area contributed by atoms with E-state index in [1.165, 1.54) is 6.42 Å². The second kappa shape index (κ2) is 6.42. The largest absolute Gasteiger partial charge is 0.322 e. The van der Waals surface area contributed by atoms with Gasteiger partial charge in [-0.2, -0.15) is 0 Å². The number of hydrogen-bond acceptors (Lipinski definition) is 5. The molecule has 3 amide bonds. The van der Waals surface area contributed by atoms with Gasteiger partial charge in [0.15, 0.2) is 0 Å². The van der Waals surface area contributed by atoms with Crippen LogP contribution in [0.1, 0.15) is 40.7 Å². The fourth-order valence-corrected chi connectivity index (χ4v) is 4.98. The molecule has 7 heteroatoms. The summed E-state index contributed by atoms with van der Waals surface area (Å²) in [5, 5.41) is 9.40. The molecule has 0 radical (unpaired) electrons. The summed E-state index contributed by atoms with van der Waals surface area (Å²) in [6.07, 6.45) is 2.00. The number of benzene rings is 1. The van der Waals surface area contributed by atoms with Crippen LogP contribution in [0.25, 0.3) is 0 Å². The van der Waals surface area contributed by atoms with Crippen LogP contribution in [0.5, 0.6) is 0 Å². The molecule has 4 atom stereocenters. The van der Waals surface area contributed by atoms with Gasteiger partial charge in [-0.05, 0) is 48.4 Å². The minimum absolute atomic E-state index is 0.109. The van der Waals surface area contributed by atoms with Gasteiger partial charge in [-0.1, -0.05) is 12.1 Å². The summed E-state index contributed by atoms with van der Waals surface area (Å²) in [6, 6.07) is 6.13. The van der Waals surface area contributed by atoms with E-state index in [1.54, 1.807) is 4.90 Å². The number of fused-ring (bicyclic) bond motifs is 2. The monoisotopic (exact) mass is 368 g/mol. The molecule has 7 nitrogen and oxygen atoms in total. The van der Waals surface area contributed by atoms with Gasteiger partial charge in [0.2, 0.25) is 11.8 Å². The van der Waals surface area contributed by atoms with Crippen LogP contribution < -0.4 is 16.0 Å². The number of carbonyl (C=O) groups is 3. The van der Waals surface area contributed by atoms with Crippen molar-refractivity contribution < 1.29 is 14.4 Å². The van der Waals surface area contributed by atoms with Crippen LogP contribution in [0.3, 0.4) is 0 Å². The first-order valence-electron chi connectivity index (χ1n) is 9.81. The van der Waals surface area contributed by atoms with Crippen molar-refractivity contribution in [1.29, 1.82) is 0 Å². The molecule has 4 fully saturated rings. The highest BCUT2D eigenvalue weighted by Crippen LogP contribution is 2.39. The number of rotatable bonds is 5. The van der Waals surface area contributed by atoms with Crippen LogP contribution in [-0.4, -0.2) is 47.8 Å². The van der Waals surface area contributed by atoms with Crippen LogP contribution in [0.2, 0.25) is 0 Å². The molecule has 1 saturated carbocycles. The highest BCUT2D eigenvalue weighted by molar-refractivity contribution is 6.05. The number of imide groups is 1. The molecular formula is C20H24N4O3. The van der Waals surface area contributed by atoms with Gasteiger partial charge < -0.3 is 15.5 Å². The van der Waals surface area contributed by atoms with E-state index in [0.29, 0.717) is 24.6 Å². The Morgan fingerprint density at radius 3 is 2.85 bits per heavy atom. The predicted molar refractivity (Wildman–Crippen MR) is 97.6 cm³/mol. The molecule has 4 aliphatic heterocycles. The average Bonchev–Trinajstić information content (AvgIpc) is 3.35. The third-order valence-corrected chi connectivity index (χ3v) is 6.62. The van der Waals surface area contributed by atoms with Gasteiger partial charge in [0, 0.05) is 37.7 Å². The van der Waals surface area contributed by atoms with Crippen molar-refractivity contribution in [2.75, 3.05) is 13.1 Å². The lowest BCUT2D eigenvalue weighted by Gasteiger charge is -2.34. The second-order valence-electron chi connectivity index (χ2n) is 8.20. The summed E-state index contributed by atoms with van der Waals surface area (Å²) in [7, 11) is 0. The lowest BCUT2D eigenvalue weighted by Crippen LogP contribution is -2.52. The zero-order chi connectivity index (χ0) is 18.5. The van der Waals surface area contributed by atoms with E-state index in [2.05, 4.69) is 22.0 Å². The van der Waals surface area contributed by atoms with Gasteiger partial charge in [0.25, 0.3) is 5.91 Å². The van der Waals surface area contributed by atoms with Crippen molar-refractivity contribution in [1.82, 2.24) is 20.9 Å². The van der Waals surface area contributed by atoms with Gasteiger partial charge in [0.1, 0.15) is 6.04 Å². The Balaban J connectivity index is 1.22. The number of nitrogens with one attached hydrogen (secondary N) is 3. The highest BCUT2D eigenvalue weighted by Gasteiger charge is 2.45. The maximum Gasteiger partial charge on any atom is 0.255 e. The molecule has 5 aliphatic rings. The Hall–Kier alpha value is -2.25. The quantitative estimate of drug-likeness (QED) is 0.644. The number of nitrogens with zero attached hydrogens (tertiary/aromatic N) is 1. The molecule has 1 aromatic rings. The number of amides is 3. The first-order valence-corrected chi connectivity index (χ1v) is 9.81. The molecule has 1 unspecified atom stereocenters. The van der Waals surface area contributed by atoms with Gasteiger partial charge in [-0.25, -0.2) is 0 Å². The first kappa shape index (κ1) is 16.9. The zero-order valence-corrected chi connectivity index (χ0v) is 15.2. The van der Waals surface area contributed by atoms with E-state index in [9.17, 15) is 14.4 Å². The van der Waals surface area contributed by atoms with Crippen LogP contribution in [0.4, 0.5) is 0 Å². The summed E-state index contributed by atoms with van der Waals surface area (Å²) in [5.74, 6) is 0.833. The van der Waals surface area contributed by atoms with E-state index < -0.39 is 6.04 Å². The molecule has 4 heterocycles. The summed E-state index contributed by atoms with van der Waals surface area (Å²) in [5.41, 5.74) is 2.73. The fourth-order valence-electron chi connectivity index (χ4n) is 4.98. The average molecular weight is 368 g/mol.